The third-order valence-electron chi connectivity index (χ3n) is 5.56. The van der Waals surface area contributed by atoms with Crippen LogP contribution in [0.2, 0.25) is 0 Å². The molecule has 172 valence electrons. The number of Topliss-reactive ketones (excluding diaryl/α,β-unsaturated/α-hetero) is 1. The van der Waals surface area contributed by atoms with E-state index in [-0.39, 0.29) is 36.5 Å². The van der Waals surface area contributed by atoms with Crippen molar-refractivity contribution in [2.75, 3.05) is 6.54 Å². The summed E-state index contributed by atoms with van der Waals surface area (Å²) < 4.78 is 46.8. The van der Waals surface area contributed by atoms with Crippen LogP contribution in [-0.2, 0) is 19.6 Å². The number of hydrogen-bond acceptors (Lipinski definition) is 6. The zero-order chi connectivity index (χ0) is 23.4. The van der Waals surface area contributed by atoms with Crippen LogP contribution in [0.25, 0.3) is 0 Å². The van der Waals surface area contributed by atoms with Crippen molar-refractivity contribution in [2.45, 2.75) is 49.5 Å². The van der Waals surface area contributed by atoms with Crippen LogP contribution >= 0.6 is 0 Å². The van der Waals surface area contributed by atoms with Gasteiger partial charge in [0.15, 0.2) is 0 Å². The topological polar surface area (TPSA) is 113 Å². The second-order valence-corrected chi connectivity index (χ2v) is 9.60. The molecule has 0 heterocycles. The first-order valence-electron chi connectivity index (χ1n) is 10.2. The molecular formula is C22H25FN2O6S. The summed E-state index contributed by atoms with van der Waals surface area (Å²) in [4.78, 5) is 24.1. The van der Waals surface area contributed by atoms with Gasteiger partial charge in [0.05, 0.1) is 4.90 Å². The zero-order valence-electron chi connectivity index (χ0n) is 17.6. The average Bonchev–Trinajstić information content (AvgIpc) is 3.25. The Morgan fingerprint density at radius 2 is 1.59 bits per heavy atom. The molecule has 10 heteroatoms. The number of rotatable bonds is 9. The van der Waals surface area contributed by atoms with Gasteiger partial charge < -0.3 is 4.74 Å². The largest absolute Gasteiger partial charge is 0.457 e. The van der Waals surface area contributed by atoms with E-state index in [2.05, 4.69) is 0 Å². The maximum Gasteiger partial charge on any atom is 0.264 e. The molecule has 1 amide bonds. The molecule has 0 unspecified atom stereocenters. The number of hydrogen-bond donors (Lipinski definition) is 2. The number of nitrogens with zero attached hydrogens (tertiary/aromatic N) is 1. The highest BCUT2D eigenvalue weighted by Crippen LogP contribution is 2.39. The molecule has 0 bridgehead atoms. The molecule has 2 aromatic carbocycles. The molecule has 0 saturated heterocycles. The van der Waals surface area contributed by atoms with Crippen molar-refractivity contribution in [3.05, 3.63) is 54.3 Å². The van der Waals surface area contributed by atoms with Crippen LogP contribution in [0.5, 0.6) is 11.5 Å². The summed E-state index contributed by atoms with van der Waals surface area (Å²) in [5, 5.41) is 9.29. The maximum absolute atomic E-state index is 13.5. The van der Waals surface area contributed by atoms with Gasteiger partial charge >= 0.3 is 0 Å². The van der Waals surface area contributed by atoms with Crippen molar-refractivity contribution in [3.63, 3.8) is 0 Å². The molecule has 0 aliphatic heterocycles. The van der Waals surface area contributed by atoms with E-state index in [0.717, 1.165) is 4.31 Å². The second kappa shape index (κ2) is 9.76. The first-order valence-corrected chi connectivity index (χ1v) is 11.6. The molecule has 32 heavy (non-hydrogen) atoms. The van der Waals surface area contributed by atoms with Crippen LogP contribution in [0.3, 0.4) is 0 Å². The average molecular weight is 465 g/mol. The van der Waals surface area contributed by atoms with E-state index >= 15 is 0 Å². The summed E-state index contributed by atoms with van der Waals surface area (Å²) in [7, 11) is -4.18. The van der Waals surface area contributed by atoms with E-state index in [1.54, 1.807) is 5.48 Å². The molecule has 2 aromatic rings. The lowest BCUT2D eigenvalue weighted by Gasteiger charge is -2.38. The summed E-state index contributed by atoms with van der Waals surface area (Å²) in [6.07, 6.45) is 1.64. The number of ether oxygens (including phenoxy) is 1. The Morgan fingerprint density at radius 1 is 1.06 bits per heavy atom. The molecule has 8 nitrogen and oxygen atoms in total. The summed E-state index contributed by atoms with van der Waals surface area (Å²) in [5.74, 6) is -0.703. The van der Waals surface area contributed by atoms with Gasteiger partial charge in [-0.3, -0.25) is 14.8 Å². The Kier molecular flexibility index (Phi) is 7.27. The van der Waals surface area contributed by atoms with Gasteiger partial charge in [0.25, 0.3) is 5.91 Å². The monoisotopic (exact) mass is 464 g/mol. The van der Waals surface area contributed by atoms with Crippen LogP contribution in [-0.4, -0.2) is 41.7 Å². The first-order chi connectivity index (χ1) is 15.2. The van der Waals surface area contributed by atoms with Crippen molar-refractivity contribution in [2.24, 2.45) is 0 Å². The van der Waals surface area contributed by atoms with Gasteiger partial charge in [-0.1, -0.05) is 12.8 Å². The molecule has 0 spiro atoms. The summed E-state index contributed by atoms with van der Waals surface area (Å²) in [5.41, 5.74) is 0.137. The Labute approximate surface area is 186 Å². The van der Waals surface area contributed by atoms with Crippen molar-refractivity contribution < 1.29 is 32.3 Å². The quantitative estimate of drug-likeness (QED) is 0.434. The minimum absolute atomic E-state index is 0.0640. The van der Waals surface area contributed by atoms with E-state index in [1.165, 1.54) is 55.5 Å². The van der Waals surface area contributed by atoms with E-state index in [1.807, 2.05) is 0 Å². The predicted octanol–water partition coefficient (Wildman–Crippen LogP) is 3.41. The number of nitrogens with one attached hydrogen (secondary N) is 1. The smallest absolute Gasteiger partial charge is 0.264 e. The molecule has 0 atom stereocenters. The zero-order valence-corrected chi connectivity index (χ0v) is 18.4. The van der Waals surface area contributed by atoms with Gasteiger partial charge in [-0.25, -0.2) is 18.3 Å². The van der Waals surface area contributed by atoms with Crippen molar-refractivity contribution >= 4 is 21.7 Å². The lowest BCUT2D eigenvalue weighted by molar-refractivity contribution is -0.139. The van der Waals surface area contributed by atoms with Crippen LogP contribution in [0.15, 0.2) is 53.4 Å². The van der Waals surface area contributed by atoms with Crippen molar-refractivity contribution in [3.8, 4) is 11.5 Å². The molecule has 1 aliphatic rings. The van der Waals surface area contributed by atoms with Gasteiger partial charge in [0.2, 0.25) is 10.0 Å². The highest BCUT2D eigenvalue weighted by Gasteiger charge is 2.51. The number of benzene rings is 2. The molecule has 3 rings (SSSR count). The predicted molar refractivity (Wildman–Crippen MR) is 113 cm³/mol. The number of hydroxylamine groups is 1. The number of carbonyl (C=O) groups is 2. The lowest BCUT2D eigenvalue weighted by Crippen LogP contribution is -2.59. The summed E-state index contributed by atoms with van der Waals surface area (Å²) in [6, 6.07) is 11.0. The molecule has 2 N–H and O–H groups in total. The fraction of sp³-hybridized carbons (Fsp3) is 0.364. The molecule has 0 radical (unpaired) electrons. The Bertz CT molecular complexity index is 1060. The van der Waals surface area contributed by atoms with Crippen molar-refractivity contribution in [1.82, 2.24) is 9.79 Å². The van der Waals surface area contributed by atoms with Gasteiger partial charge in [-0.2, -0.15) is 4.31 Å². The third-order valence-corrected chi connectivity index (χ3v) is 7.54. The highest BCUT2D eigenvalue weighted by molar-refractivity contribution is 7.89. The fourth-order valence-corrected chi connectivity index (χ4v) is 5.71. The number of ketones is 1. The summed E-state index contributed by atoms with van der Waals surface area (Å²) >= 11 is 0. The minimum Gasteiger partial charge on any atom is -0.457 e. The molecule has 1 aliphatic carbocycles. The molecule has 0 aromatic heterocycles. The lowest BCUT2D eigenvalue weighted by atomic mass is 9.96. The van der Waals surface area contributed by atoms with Crippen LogP contribution in [0.1, 0.15) is 39.0 Å². The van der Waals surface area contributed by atoms with E-state index < -0.39 is 27.3 Å². The molecule has 1 fully saturated rings. The van der Waals surface area contributed by atoms with Crippen LogP contribution in [0, 0.1) is 5.82 Å². The van der Waals surface area contributed by atoms with Crippen LogP contribution in [0.4, 0.5) is 4.39 Å². The molecular weight excluding hydrogens is 439 g/mol. The number of sulfonamides is 1. The Hall–Kier alpha value is -2.82. The third kappa shape index (κ3) is 4.98. The Morgan fingerprint density at radius 3 is 2.09 bits per heavy atom. The van der Waals surface area contributed by atoms with Gasteiger partial charge in [-0.15, -0.1) is 0 Å². The number of carbonyl (C=O) groups excluding carboxylic acids is 2. The number of amides is 1. The van der Waals surface area contributed by atoms with Crippen molar-refractivity contribution in [1.29, 1.82) is 0 Å². The molecule has 1 saturated carbocycles. The summed E-state index contributed by atoms with van der Waals surface area (Å²) in [6.45, 7) is 1.17. The fourth-order valence-electron chi connectivity index (χ4n) is 3.92. The standard InChI is InChI=1S/C22H25FN2O6S/c1-16(26)12-15-25(22(21(27)24-28)13-2-3-14-22)32(29,30)20-10-8-19(9-11-20)31-18-6-4-17(23)5-7-18/h4-11,28H,2-3,12-15H2,1H3,(H,24,27). The maximum atomic E-state index is 13.5. The SMILES string of the molecule is CC(=O)CCN(C1(C(=O)NO)CCCC1)S(=O)(=O)c1ccc(Oc2ccc(F)cc2)cc1. The van der Waals surface area contributed by atoms with E-state index in [9.17, 15) is 27.6 Å². The normalized spacial score (nSPS) is 15.5. The second-order valence-electron chi connectivity index (χ2n) is 7.74. The van der Waals surface area contributed by atoms with E-state index in [0.29, 0.717) is 24.3 Å². The van der Waals surface area contributed by atoms with E-state index in [4.69, 9.17) is 4.74 Å². The first kappa shape index (κ1) is 23.8. The van der Waals surface area contributed by atoms with Crippen LogP contribution < -0.4 is 10.2 Å². The number of halogens is 1. The highest BCUT2D eigenvalue weighted by atomic mass is 32.2. The Balaban J connectivity index is 1.92. The van der Waals surface area contributed by atoms with Gasteiger partial charge in [0.1, 0.15) is 28.6 Å². The van der Waals surface area contributed by atoms with Gasteiger partial charge in [0, 0.05) is 13.0 Å². The minimum atomic E-state index is -4.18. The van der Waals surface area contributed by atoms with Gasteiger partial charge in [-0.05, 0) is 68.3 Å².